The third-order valence-electron chi connectivity index (χ3n) is 1.04. The van der Waals surface area contributed by atoms with Gasteiger partial charge >= 0.3 is 0 Å². The summed E-state index contributed by atoms with van der Waals surface area (Å²) >= 11 is 5.80. The minimum absolute atomic E-state index is 0.0550. The Balaban J connectivity index is 0. The van der Waals surface area contributed by atoms with Crippen LogP contribution in [0.25, 0.3) is 0 Å². The molecular formula is C8H15NOS2. The highest BCUT2D eigenvalue weighted by atomic mass is 32.2. The summed E-state index contributed by atoms with van der Waals surface area (Å²) in [6.45, 7) is 5.92. The van der Waals surface area contributed by atoms with Crippen LogP contribution in [0.4, 0.5) is 0 Å². The lowest BCUT2D eigenvalue weighted by molar-refractivity contribution is 0.585. The summed E-state index contributed by atoms with van der Waals surface area (Å²) in [6.07, 6.45) is 1.67. The second-order valence-corrected chi connectivity index (χ2v) is 4.19. The summed E-state index contributed by atoms with van der Waals surface area (Å²) in [5.41, 5.74) is 0. The number of nitriles is 1. The number of rotatable bonds is 2. The number of aliphatic hydroxyl groups excluding tert-OH is 1. The van der Waals surface area contributed by atoms with Crippen LogP contribution in [-0.2, 0) is 0 Å². The van der Waals surface area contributed by atoms with Gasteiger partial charge in [-0.1, -0.05) is 32.5 Å². The van der Waals surface area contributed by atoms with Crippen molar-refractivity contribution in [1.82, 2.24) is 0 Å². The van der Waals surface area contributed by atoms with E-state index in [2.05, 4.69) is 19.1 Å². The molecule has 2 nitrogen and oxygen atoms in total. The van der Waals surface area contributed by atoms with Crippen molar-refractivity contribution in [2.45, 2.75) is 38.9 Å². The minimum Gasteiger partial charge on any atom is -0.494 e. The van der Waals surface area contributed by atoms with Crippen LogP contribution in [0.5, 0.6) is 0 Å². The summed E-state index contributed by atoms with van der Waals surface area (Å²) in [4.78, 5) is 0. The lowest BCUT2D eigenvalue weighted by Crippen LogP contribution is -1.96. The van der Waals surface area contributed by atoms with E-state index in [4.69, 9.17) is 10.4 Å². The lowest BCUT2D eigenvalue weighted by atomic mass is 10.4. The second kappa shape index (κ2) is 10.7. The number of hydrogen-bond acceptors (Lipinski definition) is 3. The molecule has 0 heterocycles. The molecule has 0 bridgehead atoms. The zero-order chi connectivity index (χ0) is 9.98. The van der Waals surface area contributed by atoms with Crippen LogP contribution >= 0.6 is 24.0 Å². The van der Waals surface area contributed by atoms with Gasteiger partial charge in [-0.3, -0.25) is 0 Å². The van der Waals surface area contributed by atoms with Gasteiger partial charge in [0.05, 0.1) is 6.07 Å². The lowest BCUT2D eigenvalue weighted by Gasteiger charge is -2.02. The Morgan fingerprint density at radius 3 is 2.17 bits per heavy atom. The van der Waals surface area contributed by atoms with E-state index < -0.39 is 0 Å². The van der Waals surface area contributed by atoms with Gasteiger partial charge in [-0.25, -0.2) is 0 Å². The summed E-state index contributed by atoms with van der Waals surface area (Å²) < 4.78 is 0.0550. The highest BCUT2D eigenvalue weighted by Gasteiger charge is 2.00. The van der Waals surface area contributed by atoms with Crippen molar-refractivity contribution in [3.05, 3.63) is 0 Å². The van der Waals surface area contributed by atoms with E-state index in [0.717, 1.165) is 6.42 Å². The van der Waals surface area contributed by atoms with Crippen molar-refractivity contribution >= 4 is 28.4 Å². The molecule has 0 radical (unpaired) electrons. The van der Waals surface area contributed by atoms with Crippen LogP contribution in [0.1, 0.15) is 33.6 Å². The molecule has 0 saturated heterocycles. The first kappa shape index (κ1) is 14.3. The van der Waals surface area contributed by atoms with Crippen LogP contribution in [0.15, 0.2) is 0 Å². The maximum Gasteiger partial charge on any atom is 0.217 e. The molecule has 0 aromatic rings. The van der Waals surface area contributed by atoms with Crippen molar-refractivity contribution in [3.8, 4) is 6.07 Å². The van der Waals surface area contributed by atoms with Gasteiger partial charge in [-0.2, -0.15) is 5.26 Å². The zero-order valence-corrected chi connectivity index (χ0v) is 9.34. The van der Waals surface area contributed by atoms with Gasteiger partial charge in [0.2, 0.25) is 4.38 Å². The Kier molecular flexibility index (Phi) is 12.8. The fourth-order valence-electron chi connectivity index (χ4n) is 0.255. The van der Waals surface area contributed by atoms with E-state index in [1.165, 1.54) is 11.8 Å². The molecule has 0 aromatic carbocycles. The van der Waals surface area contributed by atoms with Gasteiger partial charge in [0.1, 0.15) is 0 Å². The summed E-state index contributed by atoms with van der Waals surface area (Å²) in [5.74, 6) is 0. The first-order valence-corrected chi connectivity index (χ1v) is 5.13. The maximum absolute atomic E-state index is 8.55. The number of thiocarbonyl (C=S) groups is 1. The van der Waals surface area contributed by atoms with E-state index in [9.17, 15) is 0 Å². The van der Waals surface area contributed by atoms with E-state index in [-0.39, 0.29) is 4.38 Å². The number of hydrogen-bond donors (Lipinski definition) is 1. The quantitative estimate of drug-likeness (QED) is 0.703. The molecule has 0 aromatic heterocycles. The van der Waals surface area contributed by atoms with Gasteiger partial charge in [0.15, 0.2) is 0 Å². The van der Waals surface area contributed by atoms with E-state index in [1.807, 2.05) is 19.9 Å². The maximum atomic E-state index is 8.55. The Hall–Kier alpha value is -0.270. The number of aliphatic hydroxyl groups is 1. The smallest absolute Gasteiger partial charge is 0.217 e. The van der Waals surface area contributed by atoms with Crippen molar-refractivity contribution in [2.24, 2.45) is 0 Å². The van der Waals surface area contributed by atoms with Crippen molar-refractivity contribution < 1.29 is 5.11 Å². The molecule has 0 rings (SSSR count). The molecule has 1 unspecified atom stereocenters. The van der Waals surface area contributed by atoms with Crippen molar-refractivity contribution in [2.75, 3.05) is 0 Å². The van der Waals surface area contributed by atoms with Crippen LogP contribution < -0.4 is 0 Å². The molecule has 0 aliphatic carbocycles. The van der Waals surface area contributed by atoms with Crippen molar-refractivity contribution in [3.63, 3.8) is 0 Å². The number of thioether (sulfide) groups is 1. The molecular weight excluding hydrogens is 190 g/mol. The van der Waals surface area contributed by atoms with Gasteiger partial charge in [-0.05, 0) is 18.6 Å². The van der Waals surface area contributed by atoms with Crippen LogP contribution in [0, 0.1) is 11.3 Å². The normalized spacial score (nSPS) is 10.5. The molecule has 4 heteroatoms. The Bertz CT molecular complexity index is 154. The molecule has 0 amide bonds. The monoisotopic (exact) mass is 205 g/mol. The molecule has 0 aliphatic heterocycles. The molecule has 1 N–H and O–H groups in total. The highest BCUT2D eigenvalue weighted by molar-refractivity contribution is 8.22. The Labute approximate surface area is 84.0 Å². The topological polar surface area (TPSA) is 44.0 Å². The SMILES string of the molecule is CCC#N.CCC(C)SC(O)=S. The first-order chi connectivity index (χ1) is 5.58. The molecule has 0 saturated carbocycles. The van der Waals surface area contributed by atoms with Gasteiger partial charge in [0.25, 0.3) is 0 Å². The average molecular weight is 205 g/mol. The standard InChI is InChI=1S/C5H10OS2.C3H5N/c1-3-4(2)8-5(6)7;1-2-3-4/h4H,3H2,1-2H3,(H,6,7);2H2,1H3. The molecule has 1 atom stereocenters. The molecule has 12 heavy (non-hydrogen) atoms. The van der Waals surface area contributed by atoms with E-state index in [1.54, 1.807) is 0 Å². The number of nitrogens with zero attached hydrogens (tertiary/aromatic N) is 1. The van der Waals surface area contributed by atoms with Crippen LogP contribution in [0.3, 0.4) is 0 Å². The van der Waals surface area contributed by atoms with Crippen LogP contribution in [-0.4, -0.2) is 14.7 Å². The Morgan fingerprint density at radius 2 is 2.08 bits per heavy atom. The first-order valence-electron chi connectivity index (χ1n) is 3.84. The molecule has 0 fully saturated rings. The third-order valence-corrected chi connectivity index (χ3v) is 2.26. The van der Waals surface area contributed by atoms with Crippen molar-refractivity contribution in [1.29, 1.82) is 5.26 Å². The van der Waals surface area contributed by atoms with Crippen LogP contribution in [0.2, 0.25) is 0 Å². The molecule has 0 spiro atoms. The van der Waals surface area contributed by atoms with Gasteiger partial charge < -0.3 is 5.11 Å². The summed E-state index contributed by atoms with van der Waals surface area (Å²) in [5, 5.41) is 16.6. The van der Waals surface area contributed by atoms with Gasteiger partial charge in [0, 0.05) is 11.7 Å². The largest absolute Gasteiger partial charge is 0.494 e. The second-order valence-electron chi connectivity index (χ2n) is 2.11. The van der Waals surface area contributed by atoms with Gasteiger partial charge in [-0.15, -0.1) is 0 Å². The fourth-order valence-corrected chi connectivity index (χ4v) is 1.26. The summed E-state index contributed by atoms with van der Waals surface area (Å²) in [7, 11) is 0. The zero-order valence-electron chi connectivity index (χ0n) is 7.70. The molecule has 0 aliphatic rings. The highest BCUT2D eigenvalue weighted by Crippen LogP contribution is 2.13. The third kappa shape index (κ3) is 16.4. The predicted octanol–water partition coefficient (Wildman–Crippen LogP) is 3.28. The summed E-state index contributed by atoms with van der Waals surface area (Å²) in [6, 6.07) is 1.93. The predicted molar refractivity (Wildman–Crippen MR) is 58.5 cm³/mol. The minimum atomic E-state index is 0.0550. The Morgan fingerprint density at radius 1 is 1.67 bits per heavy atom. The van der Waals surface area contributed by atoms with E-state index >= 15 is 0 Å². The average Bonchev–Trinajstić information content (AvgIpc) is 2.04. The fraction of sp³-hybridized carbons (Fsp3) is 0.750. The van der Waals surface area contributed by atoms with E-state index in [0.29, 0.717) is 11.7 Å². The molecule has 70 valence electrons.